The fourth-order valence-corrected chi connectivity index (χ4v) is 19.3. The van der Waals surface area contributed by atoms with Crippen LogP contribution in [0.5, 0.6) is 0 Å². The number of hydrogen-bond donors (Lipinski definition) is 4. The van der Waals surface area contributed by atoms with Crippen molar-refractivity contribution in [2.45, 2.75) is 295 Å². The molecule has 0 bridgehead atoms. The molecule has 0 aliphatic carbocycles. The maximum atomic E-state index is 14.8. The predicted molar refractivity (Wildman–Crippen MR) is 456 cm³/mol. The van der Waals surface area contributed by atoms with E-state index in [1.807, 2.05) is 54.7 Å². The van der Waals surface area contributed by atoms with Crippen molar-refractivity contribution < 1.29 is 111 Å². The molecule has 3 aromatic heterocycles. The number of hydrogen-bond acceptors (Lipinski definition) is 30. The first-order valence-corrected chi connectivity index (χ1v) is 43.4. The van der Waals surface area contributed by atoms with E-state index in [0.29, 0.717) is 51.0 Å². The highest BCUT2D eigenvalue weighted by atomic mass is 16.7. The van der Waals surface area contributed by atoms with Crippen molar-refractivity contribution in [1.29, 1.82) is 0 Å². The number of fused-ring (bicyclic) bond motifs is 4. The normalized spacial score (nSPS) is 35.2. The molecule has 6 fully saturated rings. The molecule has 6 aliphatic rings. The van der Waals surface area contributed by atoms with Crippen molar-refractivity contribution in [2.75, 3.05) is 62.0 Å². The van der Waals surface area contributed by atoms with Gasteiger partial charge >= 0.3 is 24.1 Å². The van der Waals surface area contributed by atoms with Gasteiger partial charge in [0.1, 0.15) is 66.2 Å². The van der Waals surface area contributed by atoms with E-state index in [4.69, 9.17) is 59.3 Å². The Balaban J connectivity index is 0.000000255. The van der Waals surface area contributed by atoms with Crippen molar-refractivity contribution in [3.05, 3.63) is 83.0 Å². The number of cyclic esters (lactones) is 2. The van der Waals surface area contributed by atoms with Crippen LogP contribution in [0.3, 0.4) is 0 Å². The van der Waals surface area contributed by atoms with Crippen LogP contribution in [0.25, 0.3) is 32.5 Å². The van der Waals surface area contributed by atoms with E-state index in [1.54, 1.807) is 154 Å². The number of Topliss-reactive ketones (excluding diaryl/α,β-unsaturated/α-hetero) is 4. The number of azide groups is 1. The quantitative estimate of drug-likeness (QED) is 0.00506. The number of aromatic amines is 1. The Morgan fingerprint density at radius 1 is 0.635 bits per heavy atom. The van der Waals surface area contributed by atoms with Crippen LogP contribution in [0.1, 0.15) is 161 Å². The molecule has 27 atom stereocenters. The fourth-order valence-electron chi connectivity index (χ4n) is 19.3. The number of ether oxygens (including phenoxy) is 10. The van der Waals surface area contributed by atoms with Gasteiger partial charge in [-0.1, -0.05) is 108 Å². The molecule has 5 aromatic rings. The Hall–Kier alpha value is -9.33. The number of aliphatic hydroxyl groups excluding tert-OH is 4. The van der Waals surface area contributed by atoms with Gasteiger partial charge in [-0.2, -0.15) is 5.10 Å². The third-order valence-electron chi connectivity index (χ3n) is 26.2. The molecular weight excluding hydrogens is 1630 g/mol. The first-order valence-electron chi connectivity index (χ1n) is 43.4. The van der Waals surface area contributed by atoms with Gasteiger partial charge in [0.2, 0.25) is 5.52 Å². The Bertz CT molecular complexity index is 4690. The van der Waals surface area contributed by atoms with E-state index >= 15 is 0 Å². The topological polar surface area (TPSA) is 465 Å². The smallest absolute Gasteiger partial charge is 0.410 e. The molecule has 6 aliphatic heterocycles. The molecule has 0 saturated carbocycles. The number of para-hydroxylation sites is 2. The number of benzene rings is 2. The Kier molecular flexibility index (Phi) is 34.1. The molecule has 38 nitrogen and oxygen atoms in total. The summed E-state index contributed by atoms with van der Waals surface area (Å²) >= 11 is 0. The third-order valence-corrected chi connectivity index (χ3v) is 26.2. The second-order valence-corrected chi connectivity index (χ2v) is 35.7. The number of methoxy groups -OCH3 is 2. The molecule has 38 heteroatoms. The summed E-state index contributed by atoms with van der Waals surface area (Å²) in [4.78, 5) is 124. The molecule has 694 valence electrons. The molecule has 6 saturated heterocycles. The van der Waals surface area contributed by atoms with E-state index in [1.165, 1.54) is 26.0 Å². The number of esters is 2. The molecule has 126 heavy (non-hydrogen) atoms. The average Bonchev–Trinajstić information content (AvgIpc) is 1.58. The van der Waals surface area contributed by atoms with Crippen molar-refractivity contribution in [1.82, 2.24) is 59.5 Å². The van der Waals surface area contributed by atoms with Crippen LogP contribution in [0.15, 0.2) is 72.0 Å². The minimum absolute atomic E-state index is 0.0359. The zero-order valence-electron chi connectivity index (χ0n) is 76.5. The van der Waals surface area contributed by atoms with Crippen LogP contribution in [-0.2, 0) is 95.8 Å². The summed E-state index contributed by atoms with van der Waals surface area (Å²) in [7, 11) is 9.71. The average molecular weight is 1770 g/mol. The largest absolute Gasteiger partial charge is 0.458 e. The lowest BCUT2D eigenvalue weighted by molar-refractivity contribution is -0.469. The van der Waals surface area contributed by atoms with Crippen LogP contribution in [-0.4, -0.2) is 309 Å². The summed E-state index contributed by atoms with van der Waals surface area (Å²) < 4.78 is 64.8. The maximum Gasteiger partial charge on any atom is 0.410 e. The number of H-pyrrole nitrogens is 1. The molecular formula is C88H131N16O22+. The number of likely N-dealkylation sites (N-methyl/N-ethyl adjacent to an activating group) is 2. The first-order chi connectivity index (χ1) is 59.5. The zero-order chi connectivity index (χ0) is 93.1. The number of rotatable bonds is 23. The van der Waals surface area contributed by atoms with Gasteiger partial charge in [0, 0.05) is 85.9 Å². The lowest BCUT2D eigenvalue weighted by atomic mass is 9.73. The highest BCUT2D eigenvalue weighted by Crippen LogP contribution is 2.47. The second-order valence-electron chi connectivity index (χ2n) is 35.7. The molecule has 11 rings (SSSR count). The van der Waals surface area contributed by atoms with E-state index < -0.39 is 203 Å². The second kappa shape index (κ2) is 42.7. The SMILES string of the molecule is C#CCn1nnc2ccccc21.C=C1C(=O)O[C@H](CC)[C@@]2(C)OC(=O)N(CCCCn3cc(Cn4nc5ccccc5[nH+]4)nn3)[C@@H]2[C@@H](C)C(=O)[C@H](C)C[C@](C)(OC)[C@H](OC2OC(C)C(O)C(N(C)C)C2O)[C@@H](C)C1=O.CC[C@H]1OC(=O)[C@H](C)C(=O)[C@H](C)[C@@H](OC2OC(C)C(O)C(N(C)C)C2O)[C@@](C)(OC)C[C@@H](C)C(=O)[C@H](C)[C@H]2N(CCCCN=[N+]=[N-])C(=O)O[C@]12C. The molecule has 10 unspecified atom stereocenters. The first kappa shape index (κ1) is 100. The van der Waals surface area contributed by atoms with E-state index in [-0.39, 0.29) is 56.9 Å². The standard InChI is InChI=1S/C44H64N8O11.C35H59N5O11.C9H7N3/c1-12-32-44(8)38(51(42(58)63-44)20-16-15-19-50-22-29(45-48-50)23-52-46-30-17-13-14-18-31(30)47-52)25(3)34(53)24(2)21-43(7,59-11)39(26(4)35(54)27(5)40(57)61-32)62-41-37(56)33(49(9)10)36(55)28(6)60-41;1-12-23-35(8)29(40(33(46)51-35)16-14-13-15-37-38-36)19(3)25(41)18(2)17-34(7,47-11)30(20(4)26(42)21(5)31(45)49-23)50-32-28(44)24(39(9)10)27(43)22(6)48-32;1-2-7-12-9-6-4-3-5-8(9)10-11-12/h13-14,17-18,22,24-26,28,32-33,36-39,41,55-56H,5,12,15-16,19-21,23H2,1-4,6-11H3;18-24,27-30,32,43-44H,12-17H2,1-11H3;1,3-6H,7H2/p+1/t24-,25+,26+,28?,32-,33?,36?,37?,38-,39-,41?,43+,44-;18-,19+,20+,21-,22?,23-,24?,27?,28?,29-,30-,32?,34+,35-;/m11./s1. The molecule has 9 heterocycles. The van der Waals surface area contributed by atoms with E-state index in [9.17, 15) is 58.8 Å². The molecule has 0 radical (unpaired) electrons. The summed E-state index contributed by atoms with van der Waals surface area (Å²) in [6.45, 7) is 31.0. The summed E-state index contributed by atoms with van der Waals surface area (Å²) in [6.07, 6.45) is -4.97. The lowest BCUT2D eigenvalue weighted by Crippen LogP contribution is -2.64. The number of aliphatic hydroxyl groups is 4. The zero-order valence-corrected chi connectivity index (χ0v) is 76.5. The predicted octanol–water partition coefficient (Wildman–Crippen LogP) is 6.68. The Labute approximate surface area is 735 Å². The summed E-state index contributed by atoms with van der Waals surface area (Å²) in [6, 6.07) is 12.2. The van der Waals surface area contributed by atoms with Crippen LogP contribution in [0.2, 0.25) is 0 Å². The summed E-state index contributed by atoms with van der Waals surface area (Å²) in [5.74, 6) is -7.45. The van der Waals surface area contributed by atoms with Gasteiger partial charge in [-0.3, -0.25) is 28.7 Å². The van der Waals surface area contributed by atoms with E-state index in [2.05, 4.69) is 53.3 Å². The number of carbonyl (C=O) groups is 8. The Morgan fingerprint density at radius 3 is 1.61 bits per heavy atom. The van der Waals surface area contributed by atoms with Gasteiger partial charge in [-0.25, -0.2) is 19.1 Å². The number of unbranched alkanes of at least 4 members (excludes halogenated alkanes) is 2. The van der Waals surface area contributed by atoms with E-state index in [0.717, 1.165) is 22.1 Å². The van der Waals surface area contributed by atoms with Gasteiger partial charge < -0.3 is 87.4 Å². The molecule has 5 N–H and O–H groups in total. The number of terminal acetylenes is 1. The van der Waals surface area contributed by atoms with Gasteiger partial charge in [0.25, 0.3) is 0 Å². The minimum Gasteiger partial charge on any atom is -0.458 e. The van der Waals surface area contributed by atoms with Crippen molar-refractivity contribution in [3.8, 4) is 12.3 Å². The van der Waals surface area contributed by atoms with Crippen molar-refractivity contribution in [3.63, 3.8) is 0 Å². The fraction of sp³-hybridized carbons (Fsp3) is 0.705. The maximum absolute atomic E-state index is 14.8. The summed E-state index contributed by atoms with van der Waals surface area (Å²) in [5, 5.41) is 72.3. The van der Waals surface area contributed by atoms with Crippen molar-refractivity contribution in [2.24, 2.45) is 46.5 Å². The molecule has 0 spiro atoms. The van der Waals surface area contributed by atoms with Crippen LogP contribution >= 0.6 is 0 Å². The minimum atomic E-state index is -1.49. The monoisotopic (exact) mass is 1760 g/mol. The highest BCUT2D eigenvalue weighted by Gasteiger charge is 2.63. The van der Waals surface area contributed by atoms with Crippen LogP contribution in [0, 0.1) is 53.8 Å². The van der Waals surface area contributed by atoms with Gasteiger partial charge in [-0.05, 0) is 163 Å². The summed E-state index contributed by atoms with van der Waals surface area (Å²) in [5.41, 5.74) is 6.87. The number of aromatic nitrogens is 9. The van der Waals surface area contributed by atoms with Gasteiger partial charge in [-0.15, -0.1) is 16.6 Å². The van der Waals surface area contributed by atoms with Crippen LogP contribution in [0.4, 0.5) is 9.59 Å². The molecule has 2 aromatic carbocycles. The van der Waals surface area contributed by atoms with Gasteiger partial charge in [0.05, 0.1) is 89.3 Å². The Morgan fingerprint density at radius 2 is 1.12 bits per heavy atom. The van der Waals surface area contributed by atoms with Crippen LogP contribution < -0.4 is 5.10 Å². The lowest BCUT2D eigenvalue weighted by Gasteiger charge is -2.48. The van der Waals surface area contributed by atoms with Gasteiger partial charge in [0.15, 0.2) is 40.9 Å². The number of aryl methyl sites for hydroxylation is 1. The number of carbonyl (C=O) groups excluding carboxylic acids is 8. The molecule has 2 amide bonds. The number of ketones is 4. The number of nitrogens with one attached hydrogen (secondary N) is 1. The van der Waals surface area contributed by atoms with Crippen molar-refractivity contribution >= 4 is 69.3 Å². The number of nitrogens with zero attached hydrogens (tertiary/aromatic N) is 15. The number of amides is 2. The third kappa shape index (κ3) is 21.6. The highest BCUT2D eigenvalue weighted by molar-refractivity contribution is 6.17.